The highest BCUT2D eigenvalue weighted by molar-refractivity contribution is 5.53. The molecule has 10 atom stereocenters. The molecule has 2 aliphatic rings. The van der Waals surface area contributed by atoms with E-state index >= 15 is 0 Å². The normalized spacial score (nSPS) is 37.6. The monoisotopic (exact) mass is 508 g/mol. The second kappa shape index (κ2) is 11.0. The first-order chi connectivity index (χ1) is 16.5. The van der Waals surface area contributed by atoms with Gasteiger partial charge in [0, 0.05) is 6.07 Å². The lowest BCUT2D eigenvalue weighted by atomic mass is 9.97. The topological polar surface area (TPSA) is 265 Å². The smallest absolute Gasteiger partial charge is 0.317 e. The number of aliphatic hydroxyl groups is 7. The molecule has 7 N–H and O–H groups in total. The van der Waals surface area contributed by atoms with E-state index in [1.54, 1.807) is 0 Å². The van der Waals surface area contributed by atoms with Crippen molar-refractivity contribution in [1.82, 2.24) is 0 Å². The van der Waals surface area contributed by atoms with Gasteiger partial charge in [-0.1, -0.05) is 0 Å². The Balaban J connectivity index is 1.78. The third-order valence-electron chi connectivity index (χ3n) is 5.55. The number of nitro groups is 2. The second-order valence-electron chi connectivity index (χ2n) is 7.79. The van der Waals surface area contributed by atoms with E-state index in [1.165, 1.54) is 0 Å². The Hall–Kier alpha value is -2.58. The van der Waals surface area contributed by atoms with Crippen molar-refractivity contribution >= 4 is 11.4 Å². The molecule has 0 aliphatic carbocycles. The summed E-state index contributed by atoms with van der Waals surface area (Å²) < 4.78 is 21.2. The average Bonchev–Trinajstić information content (AvgIpc) is 2.83. The zero-order valence-electron chi connectivity index (χ0n) is 17.7. The molecular formula is C18H24N2O15. The molecule has 0 aromatic heterocycles. The van der Waals surface area contributed by atoms with E-state index in [4.69, 9.17) is 18.9 Å². The first-order valence-electron chi connectivity index (χ1n) is 10.2. The Kier molecular flexibility index (Phi) is 8.49. The number of ether oxygens (including phenoxy) is 4. The van der Waals surface area contributed by atoms with Crippen LogP contribution >= 0.6 is 0 Å². The van der Waals surface area contributed by atoms with Crippen molar-refractivity contribution in [3.63, 3.8) is 0 Å². The summed E-state index contributed by atoms with van der Waals surface area (Å²) in [6, 6.07) is 2.42. The van der Waals surface area contributed by atoms with Crippen molar-refractivity contribution in [3.05, 3.63) is 38.4 Å². The predicted octanol–water partition coefficient (Wildman–Crippen LogP) is -3.49. The molecule has 2 heterocycles. The fourth-order valence-electron chi connectivity index (χ4n) is 3.64. The molecule has 0 saturated carbocycles. The molecule has 0 radical (unpaired) electrons. The zero-order chi connectivity index (χ0) is 26.0. The van der Waals surface area contributed by atoms with Crippen LogP contribution in [0.5, 0.6) is 5.75 Å². The standard InChI is InChI=1S/C18H24N2O15/c21-4-9-11(23)12(24)14(26)18(33-9)35-16-10(5-22)34-17(15(27)13(16)25)32-8-2-1-6(19(28)29)3-7(8)20(30)31/h1-3,9-18,21-27H,4-5H2/t9-,10-,11+,12+,13-,14-,15-,16-,17-,18+/m1/s1. The van der Waals surface area contributed by atoms with Gasteiger partial charge in [0.1, 0.15) is 48.8 Å². The lowest BCUT2D eigenvalue weighted by molar-refractivity contribution is -0.395. The number of rotatable bonds is 8. The summed E-state index contributed by atoms with van der Waals surface area (Å²) in [6.45, 7) is -1.61. The van der Waals surface area contributed by atoms with Gasteiger partial charge in [-0.05, 0) is 6.07 Å². The van der Waals surface area contributed by atoms with Crippen LogP contribution in [0, 0.1) is 20.2 Å². The van der Waals surface area contributed by atoms with E-state index in [0.717, 1.165) is 12.1 Å². The summed E-state index contributed by atoms with van der Waals surface area (Å²) in [5.74, 6) is -0.540. The maximum atomic E-state index is 11.3. The maximum Gasteiger partial charge on any atom is 0.317 e. The summed E-state index contributed by atoms with van der Waals surface area (Å²) in [6.07, 6.45) is -17.2. The molecule has 17 nitrogen and oxygen atoms in total. The lowest BCUT2D eigenvalue weighted by Gasteiger charge is -2.45. The number of hydrogen-bond acceptors (Lipinski definition) is 15. The fourth-order valence-corrected chi connectivity index (χ4v) is 3.64. The van der Waals surface area contributed by atoms with E-state index in [9.17, 15) is 56.0 Å². The van der Waals surface area contributed by atoms with Crippen LogP contribution in [0.25, 0.3) is 0 Å². The highest BCUT2D eigenvalue weighted by Crippen LogP contribution is 2.35. The molecule has 17 heteroatoms. The Labute approximate surface area is 195 Å². The molecule has 2 aliphatic heterocycles. The molecule has 0 bridgehead atoms. The Morgan fingerprint density at radius 1 is 0.800 bits per heavy atom. The van der Waals surface area contributed by atoms with Gasteiger partial charge in [-0.15, -0.1) is 0 Å². The van der Waals surface area contributed by atoms with Gasteiger partial charge in [-0.3, -0.25) is 20.2 Å². The average molecular weight is 508 g/mol. The first kappa shape index (κ1) is 27.0. The van der Waals surface area contributed by atoms with Crippen molar-refractivity contribution in [1.29, 1.82) is 0 Å². The Bertz CT molecular complexity index is 914. The summed E-state index contributed by atoms with van der Waals surface area (Å²) in [7, 11) is 0. The van der Waals surface area contributed by atoms with Crippen LogP contribution in [0.15, 0.2) is 18.2 Å². The van der Waals surface area contributed by atoms with E-state index in [-0.39, 0.29) is 0 Å². The number of benzene rings is 1. The largest absolute Gasteiger partial charge is 0.455 e. The number of aliphatic hydroxyl groups excluding tert-OH is 7. The molecule has 0 amide bonds. The third kappa shape index (κ3) is 5.48. The van der Waals surface area contributed by atoms with Crippen molar-refractivity contribution in [3.8, 4) is 5.75 Å². The van der Waals surface area contributed by atoms with Gasteiger partial charge in [0.05, 0.1) is 29.1 Å². The molecule has 3 rings (SSSR count). The van der Waals surface area contributed by atoms with Crippen LogP contribution in [0.4, 0.5) is 11.4 Å². The number of nitro benzene ring substituents is 2. The van der Waals surface area contributed by atoms with Gasteiger partial charge in [0.2, 0.25) is 12.0 Å². The summed E-state index contributed by atoms with van der Waals surface area (Å²) in [5.41, 5.74) is -1.43. The Morgan fingerprint density at radius 2 is 1.40 bits per heavy atom. The number of non-ortho nitro benzene ring substituents is 1. The van der Waals surface area contributed by atoms with Crippen LogP contribution in [0.1, 0.15) is 0 Å². The fraction of sp³-hybridized carbons (Fsp3) is 0.667. The number of nitrogens with zero attached hydrogens (tertiary/aromatic N) is 2. The quantitative estimate of drug-likeness (QED) is 0.133. The van der Waals surface area contributed by atoms with Gasteiger partial charge in [0.15, 0.2) is 6.29 Å². The van der Waals surface area contributed by atoms with Gasteiger partial charge >= 0.3 is 5.69 Å². The van der Waals surface area contributed by atoms with E-state index in [0.29, 0.717) is 6.07 Å². The minimum atomic E-state index is -1.96. The minimum Gasteiger partial charge on any atom is -0.455 e. The van der Waals surface area contributed by atoms with Gasteiger partial charge in [-0.2, -0.15) is 0 Å². The molecule has 35 heavy (non-hydrogen) atoms. The third-order valence-corrected chi connectivity index (χ3v) is 5.55. The van der Waals surface area contributed by atoms with E-state index in [2.05, 4.69) is 0 Å². The van der Waals surface area contributed by atoms with Gasteiger partial charge < -0.3 is 54.7 Å². The summed E-state index contributed by atoms with van der Waals surface area (Å²) in [5, 5.41) is 92.1. The second-order valence-corrected chi connectivity index (χ2v) is 7.79. The summed E-state index contributed by atoms with van der Waals surface area (Å²) in [4.78, 5) is 20.4. The van der Waals surface area contributed by atoms with Crippen molar-refractivity contribution < 1.29 is 64.5 Å². The molecular weight excluding hydrogens is 484 g/mol. The van der Waals surface area contributed by atoms with Crippen LogP contribution < -0.4 is 4.74 Å². The maximum absolute atomic E-state index is 11.3. The molecule has 2 saturated heterocycles. The summed E-state index contributed by atoms with van der Waals surface area (Å²) >= 11 is 0. The van der Waals surface area contributed by atoms with E-state index in [1.807, 2.05) is 0 Å². The van der Waals surface area contributed by atoms with Crippen LogP contribution in [-0.4, -0.2) is 120 Å². The minimum absolute atomic E-state index is 0.540. The van der Waals surface area contributed by atoms with Gasteiger partial charge in [0.25, 0.3) is 5.69 Å². The Morgan fingerprint density at radius 3 is 1.97 bits per heavy atom. The SMILES string of the molecule is O=[N+]([O-])c1ccc(O[C@@H]2O[C@H](CO)[C@@H](O[C@@H]3O[C@H](CO)[C@H](O)[C@H](O)[C@H]3O)[C@H](O)[C@H]2O)c([N+](=O)[O-])c1. The first-order valence-corrected chi connectivity index (χ1v) is 10.2. The molecule has 0 spiro atoms. The van der Waals surface area contributed by atoms with Crippen LogP contribution in [0.3, 0.4) is 0 Å². The van der Waals surface area contributed by atoms with Gasteiger partial charge in [-0.25, -0.2) is 0 Å². The molecule has 196 valence electrons. The zero-order valence-corrected chi connectivity index (χ0v) is 17.7. The molecule has 1 aromatic carbocycles. The molecule has 0 unspecified atom stereocenters. The van der Waals surface area contributed by atoms with Crippen molar-refractivity contribution in [2.75, 3.05) is 13.2 Å². The van der Waals surface area contributed by atoms with Crippen molar-refractivity contribution in [2.24, 2.45) is 0 Å². The highest BCUT2D eigenvalue weighted by atomic mass is 16.7. The molecule has 1 aromatic rings. The number of hydrogen-bond donors (Lipinski definition) is 7. The van der Waals surface area contributed by atoms with Crippen LogP contribution in [0.2, 0.25) is 0 Å². The van der Waals surface area contributed by atoms with Crippen LogP contribution in [-0.2, 0) is 14.2 Å². The van der Waals surface area contributed by atoms with E-state index < -0.39 is 102 Å². The predicted molar refractivity (Wildman–Crippen MR) is 107 cm³/mol. The van der Waals surface area contributed by atoms with Crippen molar-refractivity contribution in [2.45, 2.75) is 61.4 Å². The molecule has 2 fully saturated rings. The lowest BCUT2D eigenvalue weighted by Crippen LogP contribution is -2.65. The highest BCUT2D eigenvalue weighted by Gasteiger charge is 2.51.